The predicted octanol–water partition coefficient (Wildman–Crippen LogP) is 4.01. The normalized spacial score (nSPS) is 18.5. The first-order valence-corrected chi connectivity index (χ1v) is 8.61. The van der Waals surface area contributed by atoms with Crippen LogP contribution in [0.1, 0.15) is 24.8 Å². The van der Waals surface area contributed by atoms with E-state index in [2.05, 4.69) is 4.90 Å². The van der Waals surface area contributed by atoms with Gasteiger partial charge in [-0.3, -0.25) is 4.90 Å². The average Bonchev–Trinajstić information content (AvgIpc) is 2.58. The first-order valence-electron chi connectivity index (χ1n) is 8.61. The van der Waals surface area contributed by atoms with Gasteiger partial charge < -0.3 is 9.84 Å². The molecule has 1 unspecified atom stereocenters. The molecule has 0 aliphatic carbocycles. The Morgan fingerprint density at radius 1 is 1.12 bits per heavy atom. The molecule has 2 aromatic carbocycles. The summed E-state index contributed by atoms with van der Waals surface area (Å²) in [6.45, 7) is 2.54. The van der Waals surface area contributed by atoms with Crippen molar-refractivity contribution in [2.75, 3.05) is 19.7 Å². The molecule has 1 saturated heterocycles. The van der Waals surface area contributed by atoms with Gasteiger partial charge in [-0.25, -0.2) is 4.39 Å². The van der Waals surface area contributed by atoms with Crippen LogP contribution in [0, 0.1) is 5.82 Å². The highest BCUT2D eigenvalue weighted by Crippen LogP contribution is 2.22. The largest absolute Gasteiger partial charge is 0.508 e. The molecule has 1 aliphatic rings. The third-order valence-corrected chi connectivity index (χ3v) is 4.60. The number of hydrogen-bond donors (Lipinski definition) is 1. The molecule has 128 valence electrons. The molecule has 1 aliphatic heterocycles. The van der Waals surface area contributed by atoms with Gasteiger partial charge in [-0.1, -0.05) is 24.6 Å². The van der Waals surface area contributed by atoms with Gasteiger partial charge in [0.15, 0.2) is 0 Å². The van der Waals surface area contributed by atoms with Gasteiger partial charge in [0.05, 0.1) is 0 Å². The van der Waals surface area contributed by atoms with Gasteiger partial charge in [0.2, 0.25) is 0 Å². The van der Waals surface area contributed by atoms with E-state index in [1.54, 1.807) is 18.2 Å². The molecule has 4 heteroatoms. The maximum Gasteiger partial charge on any atom is 0.123 e. The van der Waals surface area contributed by atoms with E-state index in [0.717, 1.165) is 19.5 Å². The summed E-state index contributed by atoms with van der Waals surface area (Å²) in [5, 5.41) is 9.47. The van der Waals surface area contributed by atoms with Gasteiger partial charge in [0.25, 0.3) is 0 Å². The lowest BCUT2D eigenvalue weighted by Crippen LogP contribution is -2.43. The Hall–Kier alpha value is -2.07. The number of phenols is 1. The number of rotatable bonds is 6. The molecule has 0 spiro atoms. The summed E-state index contributed by atoms with van der Waals surface area (Å²) in [6.07, 6.45) is 4.58. The lowest BCUT2D eigenvalue weighted by atomic mass is 9.95. The minimum Gasteiger partial charge on any atom is -0.508 e. The van der Waals surface area contributed by atoms with Crippen LogP contribution >= 0.6 is 0 Å². The second-order valence-electron chi connectivity index (χ2n) is 6.36. The molecule has 0 radical (unpaired) electrons. The quantitative estimate of drug-likeness (QED) is 0.869. The van der Waals surface area contributed by atoms with Gasteiger partial charge >= 0.3 is 0 Å². The van der Waals surface area contributed by atoms with Crippen molar-refractivity contribution < 1.29 is 14.2 Å². The minimum absolute atomic E-state index is 0.182. The molecule has 0 saturated carbocycles. The van der Waals surface area contributed by atoms with E-state index in [1.807, 2.05) is 18.2 Å². The van der Waals surface area contributed by atoms with Gasteiger partial charge in [0, 0.05) is 18.7 Å². The fourth-order valence-electron chi connectivity index (χ4n) is 3.33. The zero-order chi connectivity index (χ0) is 16.8. The number of phenolic OH excluding ortho intramolecular Hbond substituents is 1. The smallest absolute Gasteiger partial charge is 0.123 e. The van der Waals surface area contributed by atoms with Crippen molar-refractivity contribution in [1.29, 1.82) is 0 Å². The molecule has 2 aromatic rings. The Labute approximate surface area is 142 Å². The summed E-state index contributed by atoms with van der Waals surface area (Å²) < 4.78 is 18.8. The van der Waals surface area contributed by atoms with Crippen molar-refractivity contribution in [3.8, 4) is 11.5 Å². The van der Waals surface area contributed by atoms with Gasteiger partial charge in [-0.05, 0) is 55.6 Å². The molecular weight excluding hydrogens is 305 g/mol. The summed E-state index contributed by atoms with van der Waals surface area (Å²) in [5.41, 5.74) is 1.18. The summed E-state index contributed by atoms with van der Waals surface area (Å²) in [7, 11) is 0. The Kier molecular flexibility index (Phi) is 5.70. The SMILES string of the molecule is Oc1cccc(OCCN2CCCCC2Cc2ccc(F)cc2)c1. The van der Waals surface area contributed by atoms with Crippen LogP contribution in [0.3, 0.4) is 0 Å². The second-order valence-corrected chi connectivity index (χ2v) is 6.36. The third kappa shape index (κ3) is 4.71. The molecule has 3 nitrogen and oxygen atoms in total. The van der Waals surface area contributed by atoms with E-state index in [9.17, 15) is 9.50 Å². The molecule has 1 N–H and O–H groups in total. The number of ether oxygens (including phenoxy) is 1. The maximum absolute atomic E-state index is 13.1. The van der Waals surface area contributed by atoms with Crippen LogP contribution < -0.4 is 4.74 Å². The standard InChI is InChI=1S/C20H24FNO2/c21-17-9-7-16(8-10-17)14-18-4-1-2-11-22(18)12-13-24-20-6-3-5-19(23)15-20/h3,5-10,15,18,23H,1-2,4,11-14H2. The number of hydrogen-bond acceptors (Lipinski definition) is 3. The molecule has 1 atom stereocenters. The van der Waals surface area contributed by atoms with E-state index in [0.29, 0.717) is 18.4 Å². The summed E-state index contributed by atoms with van der Waals surface area (Å²) in [4.78, 5) is 2.47. The Bertz CT molecular complexity index is 644. The molecule has 0 amide bonds. The van der Waals surface area contributed by atoms with Crippen molar-refractivity contribution in [1.82, 2.24) is 4.90 Å². The van der Waals surface area contributed by atoms with Crippen LogP contribution in [0.2, 0.25) is 0 Å². The van der Waals surface area contributed by atoms with Crippen molar-refractivity contribution in [2.45, 2.75) is 31.7 Å². The first-order chi connectivity index (χ1) is 11.7. The Balaban J connectivity index is 1.53. The third-order valence-electron chi connectivity index (χ3n) is 4.60. The fraction of sp³-hybridized carbons (Fsp3) is 0.400. The fourth-order valence-corrected chi connectivity index (χ4v) is 3.33. The van der Waals surface area contributed by atoms with Crippen molar-refractivity contribution >= 4 is 0 Å². The molecule has 1 heterocycles. The lowest BCUT2D eigenvalue weighted by Gasteiger charge is -2.35. The van der Waals surface area contributed by atoms with Gasteiger partial charge in [0.1, 0.15) is 23.9 Å². The molecular formula is C20H24FNO2. The number of piperidine rings is 1. The molecule has 1 fully saturated rings. The molecule has 0 aromatic heterocycles. The van der Waals surface area contributed by atoms with E-state index < -0.39 is 0 Å². The van der Waals surface area contributed by atoms with Crippen molar-refractivity contribution in [3.05, 3.63) is 59.9 Å². The predicted molar refractivity (Wildman–Crippen MR) is 92.9 cm³/mol. The van der Waals surface area contributed by atoms with Crippen LogP contribution in [0.4, 0.5) is 4.39 Å². The van der Waals surface area contributed by atoms with Gasteiger partial charge in [-0.15, -0.1) is 0 Å². The highest BCUT2D eigenvalue weighted by atomic mass is 19.1. The Morgan fingerprint density at radius 3 is 2.75 bits per heavy atom. The Morgan fingerprint density at radius 2 is 1.96 bits per heavy atom. The van der Waals surface area contributed by atoms with Crippen LogP contribution in [-0.4, -0.2) is 35.7 Å². The monoisotopic (exact) mass is 329 g/mol. The summed E-state index contributed by atoms with van der Waals surface area (Å²) in [6, 6.07) is 14.2. The summed E-state index contributed by atoms with van der Waals surface area (Å²) >= 11 is 0. The lowest BCUT2D eigenvalue weighted by molar-refractivity contribution is 0.122. The average molecular weight is 329 g/mol. The topological polar surface area (TPSA) is 32.7 Å². The summed E-state index contributed by atoms with van der Waals surface area (Å²) in [5.74, 6) is 0.737. The van der Waals surface area contributed by atoms with E-state index in [4.69, 9.17) is 4.74 Å². The van der Waals surface area contributed by atoms with Crippen molar-refractivity contribution in [2.24, 2.45) is 0 Å². The van der Waals surface area contributed by atoms with Gasteiger partial charge in [-0.2, -0.15) is 0 Å². The number of benzene rings is 2. The zero-order valence-electron chi connectivity index (χ0n) is 13.8. The van der Waals surface area contributed by atoms with Crippen LogP contribution in [0.25, 0.3) is 0 Å². The zero-order valence-corrected chi connectivity index (χ0v) is 13.8. The molecule has 3 rings (SSSR count). The number of likely N-dealkylation sites (tertiary alicyclic amines) is 1. The van der Waals surface area contributed by atoms with E-state index >= 15 is 0 Å². The number of nitrogens with zero attached hydrogens (tertiary/aromatic N) is 1. The van der Waals surface area contributed by atoms with Crippen LogP contribution in [0.5, 0.6) is 11.5 Å². The highest BCUT2D eigenvalue weighted by molar-refractivity contribution is 5.31. The highest BCUT2D eigenvalue weighted by Gasteiger charge is 2.22. The second kappa shape index (κ2) is 8.15. The number of halogens is 1. The maximum atomic E-state index is 13.1. The van der Waals surface area contributed by atoms with E-state index in [1.165, 1.54) is 37.0 Å². The van der Waals surface area contributed by atoms with Crippen LogP contribution in [-0.2, 0) is 6.42 Å². The number of aromatic hydroxyl groups is 1. The van der Waals surface area contributed by atoms with Crippen LogP contribution in [0.15, 0.2) is 48.5 Å². The first kappa shape index (κ1) is 16.8. The van der Waals surface area contributed by atoms with E-state index in [-0.39, 0.29) is 11.6 Å². The molecule has 0 bridgehead atoms. The van der Waals surface area contributed by atoms with Crippen molar-refractivity contribution in [3.63, 3.8) is 0 Å². The molecule has 24 heavy (non-hydrogen) atoms. The minimum atomic E-state index is -0.182.